The van der Waals surface area contributed by atoms with Crippen LogP contribution in [0.1, 0.15) is 45.2 Å². The monoisotopic (exact) mass is 322 g/mol. The van der Waals surface area contributed by atoms with Gasteiger partial charge in [-0.05, 0) is 39.2 Å². The van der Waals surface area contributed by atoms with Crippen molar-refractivity contribution in [2.75, 3.05) is 0 Å². The van der Waals surface area contributed by atoms with E-state index >= 15 is 0 Å². The average molecular weight is 322 g/mol. The molecule has 0 N–H and O–H groups in total. The van der Waals surface area contributed by atoms with Crippen molar-refractivity contribution < 1.29 is 31.3 Å². The largest absolute Gasteiger partial charge is 0.495 e. The predicted octanol–water partition coefficient (Wildman–Crippen LogP) is 3.94. The average Bonchev–Trinajstić information content (AvgIpc) is 2.56. The van der Waals surface area contributed by atoms with Gasteiger partial charge >= 0.3 is 13.3 Å². The van der Waals surface area contributed by atoms with Crippen molar-refractivity contribution in [3.63, 3.8) is 0 Å². The van der Waals surface area contributed by atoms with Gasteiger partial charge in [-0.3, -0.25) is 0 Å². The lowest BCUT2D eigenvalue weighted by Gasteiger charge is -2.32. The van der Waals surface area contributed by atoms with Crippen LogP contribution in [0.3, 0.4) is 0 Å². The molecule has 2 rings (SSSR count). The fraction of sp³-hybridized carbons (Fsp3) is 0.571. The molecule has 0 atom stereocenters. The summed E-state index contributed by atoms with van der Waals surface area (Å²) in [4.78, 5) is 0. The summed E-state index contributed by atoms with van der Waals surface area (Å²) in [5.74, 6) is 0. The van der Waals surface area contributed by atoms with Crippen LogP contribution in [0.5, 0.6) is 0 Å². The fourth-order valence-corrected chi connectivity index (χ4v) is 2.12. The van der Waals surface area contributed by atoms with Gasteiger partial charge in [0.05, 0.1) is 16.8 Å². The first-order chi connectivity index (χ1) is 9.85. The molecule has 1 heterocycles. The normalized spacial score (nSPS) is 20.7. The van der Waals surface area contributed by atoms with Gasteiger partial charge in [0.15, 0.2) is 0 Å². The summed E-state index contributed by atoms with van der Waals surface area (Å²) < 4.78 is 75.6. The smallest absolute Gasteiger partial charge is 0.399 e. The van der Waals surface area contributed by atoms with Gasteiger partial charge in [0, 0.05) is 5.56 Å². The second-order valence-corrected chi connectivity index (χ2v) is 6.23. The molecule has 0 amide bonds. The van der Waals surface area contributed by atoms with E-state index in [9.17, 15) is 22.0 Å². The molecule has 0 bridgehead atoms. The Morgan fingerprint density at radius 2 is 1.50 bits per heavy atom. The highest BCUT2D eigenvalue weighted by atomic mass is 19.4. The van der Waals surface area contributed by atoms with Gasteiger partial charge in [0.25, 0.3) is 6.43 Å². The second kappa shape index (κ2) is 5.20. The van der Waals surface area contributed by atoms with Gasteiger partial charge in [-0.25, -0.2) is 8.78 Å². The molecule has 0 aromatic heterocycles. The van der Waals surface area contributed by atoms with E-state index in [2.05, 4.69) is 0 Å². The van der Waals surface area contributed by atoms with Crippen LogP contribution in [0.15, 0.2) is 18.2 Å². The number of hydrogen-bond acceptors (Lipinski definition) is 2. The van der Waals surface area contributed by atoms with Crippen LogP contribution < -0.4 is 5.46 Å². The molecule has 1 aliphatic heterocycles. The molecule has 1 aromatic carbocycles. The van der Waals surface area contributed by atoms with Gasteiger partial charge in [-0.15, -0.1) is 0 Å². The molecular weight excluding hydrogens is 306 g/mol. The molecule has 8 heteroatoms. The molecule has 122 valence electrons. The third-order valence-electron chi connectivity index (χ3n) is 4.16. The Bertz CT molecular complexity index is 553. The van der Waals surface area contributed by atoms with Gasteiger partial charge in [-0.2, -0.15) is 13.2 Å². The fourth-order valence-electron chi connectivity index (χ4n) is 2.12. The standard InChI is InChI=1S/C14H16BF5O2/c1-12(2)13(3,4)22-15(21-12)10-6-5-8(14(18,19)20)7-9(10)11(16)17/h5-7,11H,1-4H3. The number of hydrogen-bond donors (Lipinski definition) is 0. The lowest BCUT2D eigenvalue weighted by Crippen LogP contribution is -2.41. The summed E-state index contributed by atoms with van der Waals surface area (Å²) in [6, 6.07) is 2.20. The molecule has 1 fully saturated rings. The number of halogens is 5. The third kappa shape index (κ3) is 2.99. The van der Waals surface area contributed by atoms with Crippen molar-refractivity contribution in [1.29, 1.82) is 0 Å². The van der Waals surface area contributed by atoms with Crippen LogP contribution in [0, 0.1) is 0 Å². The highest BCUT2D eigenvalue weighted by molar-refractivity contribution is 6.62. The topological polar surface area (TPSA) is 18.5 Å². The Morgan fingerprint density at radius 1 is 1.00 bits per heavy atom. The van der Waals surface area contributed by atoms with Crippen LogP contribution in [-0.4, -0.2) is 18.3 Å². The van der Waals surface area contributed by atoms with E-state index in [1.54, 1.807) is 27.7 Å². The summed E-state index contributed by atoms with van der Waals surface area (Å²) in [5.41, 5.74) is -3.46. The summed E-state index contributed by atoms with van der Waals surface area (Å²) in [6.45, 7) is 6.94. The van der Waals surface area contributed by atoms with Crippen molar-refractivity contribution in [3.05, 3.63) is 29.3 Å². The maximum atomic E-state index is 13.2. The van der Waals surface area contributed by atoms with E-state index in [0.717, 1.165) is 12.1 Å². The summed E-state index contributed by atoms with van der Waals surface area (Å²) in [6.07, 6.45) is -7.74. The van der Waals surface area contributed by atoms with E-state index in [1.165, 1.54) is 0 Å². The first-order valence-electron chi connectivity index (χ1n) is 6.70. The Hall–Kier alpha value is -1.15. The van der Waals surface area contributed by atoms with Gasteiger partial charge in [0.1, 0.15) is 0 Å². The molecule has 0 spiro atoms. The molecule has 0 saturated carbocycles. The molecule has 1 aliphatic rings. The van der Waals surface area contributed by atoms with E-state index in [4.69, 9.17) is 9.31 Å². The van der Waals surface area contributed by atoms with Crippen molar-refractivity contribution in [3.8, 4) is 0 Å². The van der Waals surface area contributed by atoms with E-state index < -0.39 is 42.0 Å². The quantitative estimate of drug-likeness (QED) is 0.606. The van der Waals surface area contributed by atoms with Gasteiger partial charge in [-0.1, -0.05) is 12.1 Å². The minimum absolute atomic E-state index is 0.0818. The van der Waals surface area contributed by atoms with Crippen LogP contribution >= 0.6 is 0 Å². The molecule has 0 aliphatic carbocycles. The molecule has 2 nitrogen and oxygen atoms in total. The minimum atomic E-state index is -4.68. The molecule has 0 unspecified atom stereocenters. The van der Waals surface area contributed by atoms with E-state index in [0.29, 0.717) is 6.07 Å². The van der Waals surface area contributed by atoms with Gasteiger partial charge in [0.2, 0.25) is 0 Å². The highest BCUT2D eigenvalue weighted by Crippen LogP contribution is 2.38. The van der Waals surface area contributed by atoms with Crippen LogP contribution in [0.2, 0.25) is 0 Å². The predicted molar refractivity (Wildman–Crippen MR) is 72.1 cm³/mol. The van der Waals surface area contributed by atoms with E-state index in [-0.39, 0.29) is 5.46 Å². The van der Waals surface area contributed by atoms with Gasteiger partial charge < -0.3 is 9.31 Å². The Kier molecular flexibility index (Phi) is 4.07. The Balaban J connectivity index is 2.45. The first kappa shape index (κ1) is 17.2. The first-order valence-corrected chi connectivity index (χ1v) is 6.70. The SMILES string of the molecule is CC1(C)OB(c2ccc(C(F)(F)F)cc2C(F)F)OC1(C)C. The minimum Gasteiger partial charge on any atom is -0.399 e. The van der Waals surface area contributed by atoms with Crippen LogP contribution in [0.4, 0.5) is 22.0 Å². The zero-order chi connectivity index (χ0) is 16.9. The van der Waals surface area contributed by atoms with Crippen molar-refractivity contribution in [2.45, 2.75) is 51.5 Å². The lowest BCUT2D eigenvalue weighted by molar-refractivity contribution is -0.137. The maximum Gasteiger partial charge on any atom is 0.495 e. The summed E-state index contributed by atoms with van der Waals surface area (Å²) >= 11 is 0. The highest BCUT2D eigenvalue weighted by Gasteiger charge is 2.52. The van der Waals surface area contributed by atoms with E-state index in [1.807, 2.05) is 0 Å². The zero-order valence-corrected chi connectivity index (χ0v) is 12.6. The summed E-state index contributed by atoms with van der Waals surface area (Å²) in [7, 11) is -1.13. The lowest BCUT2D eigenvalue weighted by atomic mass is 9.75. The summed E-state index contributed by atoms with van der Waals surface area (Å²) in [5, 5.41) is 0. The number of benzene rings is 1. The molecular formula is C14H16BF5O2. The number of rotatable bonds is 2. The van der Waals surface area contributed by atoms with Crippen molar-refractivity contribution in [1.82, 2.24) is 0 Å². The zero-order valence-electron chi connectivity index (χ0n) is 12.6. The molecule has 1 saturated heterocycles. The molecule has 22 heavy (non-hydrogen) atoms. The maximum absolute atomic E-state index is 13.2. The van der Waals surface area contributed by atoms with Crippen LogP contribution in [0.25, 0.3) is 0 Å². The molecule has 1 aromatic rings. The number of alkyl halides is 5. The Morgan fingerprint density at radius 3 is 1.91 bits per heavy atom. The molecule has 0 radical (unpaired) electrons. The Labute approximate surface area is 125 Å². The second-order valence-electron chi connectivity index (χ2n) is 6.23. The van der Waals surface area contributed by atoms with Crippen molar-refractivity contribution >= 4 is 12.6 Å². The third-order valence-corrected chi connectivity index (χ3v) is 4.16. The van der Waals surface area contributed by atoms with Crippen molar-refractivity contribution in [2.24, 2.45) is 0 Å². The van der Waals surface area contributed by atoms with Crippen LogP contribution in [-0.2, 0) is 15.5 Å².